The van der Waals surface area contributed by atoms with E-state index in [1.165, 1.54) is 22.3 Å². The third-order valence-corrected chi connectivity index (χ3v) is 8.05. The molecule has 0 saturated heterocycles. The molecule has 0 radical (unpaired) electrons. The van der Waals surface area contributed by atoms with Gasteiger partial charge >= 0.3 is 12.1 Å². The molecule has 2 aromatic rings. The standard InChI is InChI=1S/C28H32N2O5/c1-16(2)24(12-25(31)32)30-26(33)28-13-17(28)11-18(14-28)29-27(34)35-15-23-21-9-5-3-7-19(21)20-8-4-6-10-22(20)23/h3-10,16-18,23-24H,11-15H2,1-2H3,(H,29,34)(H,30,33)(H,31,32)/t17-,18+,24+,28+/m0/s1. The number of ether oxygens (including phenoxy) is 1. The van der Waals surface area contributed by atoms with Crippen LogP contribution in [0.4, 0.5) is 4.79 Å². The van der Waals surface area contributed by atoms with Crippen molar-refractivity contribution in [3.63, 3.8) is 0 Å². The second-order valence-corrected chi connectivity index (χ2v) is 10.6. The quantitative estimate of drug-likeness (QED) is 0.527. The minimum Gasteiger partial charge on any atom is -0.481 e. The van der Waals surface area contributed by atoms with Crippen molar-refractivity contribution < 1.29 is 24.2 Å². The minimum absolute atomic E-state index is 0.00412. The highest BCUT2D eigenvalue weighted by Crippen LogP contribution is 2.63. The Kier molecular flexibility index (Phi) is 6.03. The first-order chi connectivity index (χ1) is 16.8. The molecule has 2 amide bonds. The molecule has 7 nitrogen and oxygen atoms in total. The molecule has 0 spiro atoms. The molecule has 3 aliphatic rings. The van der Waals surface area contributed by atoms with Crippen molar-refractivity contribution >= 4 is 18.0 Å². The number of hydrogen-bond acceptors (Lipinski definition) is 4. The van der Waals surface area contributed by atoms with Gasteiger partial charge in [-0.15, -0.1) is 0 Å². The summed E-state index contributed by atoms with van der Waals surface area (Å²) in [5, 5.41) is 15.1. The molecule has 2 saturated carbocycles. The van der Waals surface area contributed by atoms with Crippen molar-refractivity contribution in [3.8, 4) is 11.1 Å². The Morgan fingerprint density at radius 2 is 1.66 bits per heavy atom. The van der Waals surface area contributed by atoms with Crippen LogP contribution in [0.1, 0.15) is 56.6 Å². The number of hydrogen-bond donors (Lipinski definition) is 3. The van der Waals surface area contributed by atoms with Gasteiger partial charge < -0.3 is 20.5 Å². The Hall–Kier alpha value is -3.35. The average Bonchev–Trinajstić information content (AvgIpc) is 3.25. The maximum Gasteiger partial charge on any atom is 0.407 e. The number of carbonyl (C=O) groups is 3. The van der Waals surface area contributed by atoms with Crippen LogP contribution in [0, 0.1) is 17.3 Å². The largest absolute Gasteiger partial charge is 0.481 e. The molecule has 2 fully saturated rings. The van der Waals surface area contributed by atoms with Crippen molar-refractivity contribution in [2.24, 2.45) is 17.3 Å². The molecule has 2 aromatic carbocycles. The van der Waals surface area contributed by atoms with Gasteiger partial charge in [0.15, 0.2) is 0 Å². The van der Waals surface area contributed by atoms with Crippen LogP contribution in [0.3, 0.4) is 0 Å². The summed E-state index contributed by atoms with van der Waals surface area (Å²) in [6.07, 6.45) is 1.54. The Morgan fingerprint density at radius 3 is 2.26 bits per heavy atom. The van der Waals surface area contributed by atoms with E-state index in [0.29, 0.717) is 6.42 Å². The fourth-order valence-corrected chi connectivity index (χ4v) is 6.05. The lowest BCUT2D eigenvalue weighted by molar-refractivity contribution is -0.138. The summed E-state index contributed by atoms with van der Waals surface area (Å²) in [6.45, 7) is 4.07. The third kappa shape index (κ3) is 4.40. The lowest BCUT2D eigenvalue weighted by atomic mass is 9.96. The van der Waals surface area contributed by atoms with Crippen LogP contribution in [-0.2, 0) is 14.3 Å². The Balaban J connectivity index is 1.16. The molecule has 0 aromatic heterocycles. The molecule has 4 atom stereocenters. The van der Waals surface area contributed by atoms with Crippen LogP contribution in [-0.4, -0.2) is 41.8 Å². The van der Waals surface area contributed by atoms with E-state index in [-0.39, 0.29) is 42.7 Å². The number of fused-ring (bicyclic) bond motifs is 4. The summed E-state index contributed by atoms with van der Waals surface area (Å²) in [5.41, 5.74) is 4.21. The third-order valence-electron chi connectivity index (χ3n) is 8.05. The highest BCUT2D eigenvalue weighted by molar-refractivity contribution is 5.87. The topological polar surface area (TPSA) is 105 Å². The number of rotatable bonds is 8. The van der Waals surface area contributed by atoms with E-state index in [9.17, 15) is 14.4 Å². The van der Waals surface area contributed by atoms with Crippen molar-refractivity contribution in [3.05, 3.63) is 59.7 Å². The van der Waals surface area contributed by atoms with Crippen LogP contribution in [0.5, 0.6) is 0 Å². The Morgan fingerprint density at radius 1 is 1.03 bits per heavy atom. The van der Waals surface area contributed by atoms with E-state index in [0.717, 1.165) is 12.8 Å². The summed E-state index contributed by atoms with van der Waals surface area (Å²) in [6, 6.07) is 15.9. The van der Waals surface area contributed by atoms with Gasteiger partial charge in [-0.3, -0.25) is 9.59 Å². The lowest BCUT2D eigenvalue weighted by Crippen LogP contribution is -2.44. The number of carbonyl (C=O) groups excluding carboxylic acids is 2. The van der Waals surface area contributed by atoms with Gasteiger partial charge in [0.05, 0.1) is 11.8 Å². The fraction of sp³-hybridized carbons (Fsp3) is 0.464. The maximum absolute atomic E-state index is 13.0. The van der Waals surface area contributed by atoms with Crippen molar-refractivity contribution in [2.45, 2.75) is 57.5 Å². The summed E-state index contributed by atoms with van der Waals surface area (Å²) < 4.78 is 5.67. The van der Waals surface area contributed by atoms with Crippen LogP contribution in [0.2, 0.25) is 0 Å². The van der Waals surface area contributed by atoms with Crippen LogP contribution < -0.4 is 10.6 Å². The van der Waals surface area contributed by atoms with Crippen molar-refractivity contribution in [1.82, 2.24) is 10.6 Å². The highest BCUT2D eigenvalue weighted by Gasteiger charge is 2.65. The smallest absolute Gasteiger partial charge is 0.407 e. The number of aliphatic carboxylic acids is 1. The Labute approximate surface area is 205 Å². The zero-order valence-electron chi connectivity index (χ0n) is 20.1. The van der Waals surface area contributed by atoms with Gasteiger partial charge in [-0.05, 0) is 53.4 Å². The number of benzene rings is 2. The van der Waals surface area contributed by atoms with Gasteiger partial charge in [-0.25, -0.2) is 4.79 Å². The molecule has 0 aliphatic heterocycles. The first-order valence-corrected chi connectivity index (χ1v) is 12.4. The zero-order chi connectivity index (χ0) is 24.7. The molecule has 184 valence electrons. The van der Waals surface area contributed by atoms with Gasteiger partial charge in [-0.1, -0.05) is 62.4 Å². The van der Waals surface area contributed by atoms with Crippen molar-refractivity contribution in [1.29, 1.82) is 0 Å². The summed E-state index contributed by atoms with van der Waals surface area (Å²) in [7, 11) is 0. The van der Waals surface area contributed by atoms with Gasteiger partial charge in [0.1, 0.15) is 6.61 Å². The number of amides is 2. The molecule has 0 unspecified atom stereocenters. The van der Waals surface area contributed by atoms with Crippen LogP contribution >= 0.6 is 0 Å². The van der Waals surface area contributed by atoms with E-state index < -0.39 is 23.5 Å². The zero-order valence-corrected chi connectivity index (χ0v) is 20.1. The fourth-order valence-electron chi connectivity index (χ4n) is 6.05. The van der Waals surface area contributed by atoms with Gasteiger partial charge in [-0.2, -0.15) is 0 Å². The minimum atomic E-state index is -0.921. The number of nitrogens with one attached hydrogen (secondary N) is 2. The molecule has 3 aliphatic carbocycles. The first kappa shape index (κ1) is 23.4. The first-order valence-electron chi connectivity index (χ1n) is 12.4. The second-order valence-electron chi connectivity index (χ2n) is 10.6. The summed E-state index contributed by atoms with van der Waals surface area (Å²) >= 11 is 0. The monoisotopic (exact) mass is 476 g/mol. The Bertz CT molecular complexity index is 1120. The second kappa shape index (κ2) is 9.02. The highest BCUT2D eigenvalue weighted by atomic mass is 16.5. The molecule has 5 rings (SSSR count). The van der Waals surface area contributed by atoms with E-state index in [1.54, 1.807) is 0 Å². The number of carboxylic acid groups (broad SMARTS) is 1. The predicted octanol–water partition coefficient (Wildman–Crippen LogP) is 4.31. The van der Waals surface area contributed by atoms with Gasteiger partial charge in [0, 0.05) is 18.0 Å². The van der Waals surface area contributed by atoms with Crippen LogP contribution in [0.15, 0.2) is 48.5 Å². The lowest BCUT2D eigenvalue weighted by Gasteiger charge is -2.24. The van der Waals surface area contributed by atoms with E-state index in [1.807, 2.05) is 38.1 Å². The van der Waals surface area contributed by atoms with Gasteiger partial charge in [0.25, 0.3) is 0 Å². The molecular formula is C28H32N2O5. The maximum atomic E-state index is 13.0. The molecule has 35 heavy (non-hydrogen) atoms. The van der Waals surface area contributed by atoms with Crippen molar-refractivity contribution in [2.75, 3.05) is 6.61 Å². The van der Waals surface area contributed by atoms with Gasteiger partial charge in [0.2, 0.25) is 5.91 Å². The van der Waals surface area contributed by atoms with E-state index >= 15 is 0 Å². The number of carboxylic acids is 1. The molecular weight excluding hydrogens is 444 g/mol. The summed E-state index contributed by atoms with van der Waals surface area (Å²) in [4.78, 5) is 36.8. The van der Waals surface area contributed by atoms with Crippen LogP contribution in [0.25, 0.3) is 11.1 Å². The normalized spacial score (nSPS) is 24.8. The predicted molar refractivity (Wildman–Crippen MR) is 131 cm³/mol. The summed E-state index contributed by atoms with van der Waals surface area (Å²) in [5.74, 6) is -0.752. The molecule has 0 bridgehead atoms. The average molecular weight is 477 g/mol. The molecule has 7 heteroatoms. The molecule has 0 heterocycles. The van der Waals surface area contributed by atoms with E-state index in [2.05, 4.69) is 34.9 Å². The SMILES string of the molecule is CC(C)[C@@H](CC(=O)O)NC(=O)[C@]12C[C@H](NC(=O)OCC3c4ccccc4-c4ccccc43)C[C@H]1C2. The van der Waals surface area contributed by atoms with E-state index in [4.69, 9.17) is 9.84 Å². The number of alkyl carbamates (subject to hydrolysis) is 1. The molecule has 3 N–H and O–H groups in total.